The fraction of sp³-hybridized carbons (Fsp3) is 0.588. The number of aryl methyl sites for hydroxylation is 2. The molecule has 0 spiro atoms. The summed E-state index contributed by atoms with van der Waals surface area (Å²) < 4.78 is 10.9. The molecule has 1 aliphatic rings. The van der Waals surface area contributed by atoms with Crippen molar-refractivity contribution < 1.29 is 14.3 Å². The summed E-state index contributed by atoms with van der Waals surface area (Å²) in [6, 6.07) is 6.00. The van der Waals surface area contributed by atoms with Gasteiger partial charge in [-0.2, -0.15) is 0 Å². The number of ether oxygens (including phenoxy) is 2. The van der Waals surface area contributed by atoms with Gasteiger partial charge in [0.15, 0.2) is 6.61 Å². The molecule has 22 heavy (non-hydrogen) atoms. The highest BCUT2D eigenvalue weighted by Crippen LogP contribution is 2.18. The zero-order valence-corrected chi connectivity index (χ0v) is 13.6. The Labute approximate surface area is 132 Å². The Morgan fingerprint density at radius 3 is 2.86 bits per heavy atom. The number of nitrogens with one attached hydrogen (secondary N) is 1. The van der Waals surface area contributed by atoms with Crippen molar-refractivity contribution in [1.82, 2.24) is 10.2 Å². The quantitative estimate of drug-likeness (QED) is 0.776. The average Bonchev–Trinajstić information content (AvgIpc) is 2.53. The van der Waals surface area contributed by atoms with Crippen LogP contribution < -0.4 is 10.1 Å². The van der Waals surface area contributed by atoms with Gasteiger partial charge in [0, 0.05) is 19.6 Å². The number of carbonyl (C=O) groups is 1. The summed E-state index contributed by atoms with van der Waals surface area (Å²) in [7, 11) is 0. The maximum Gasteiger partial charge on any atom is 0.257 e. The third-order valence-corrected chi connectivity index (χ3v) is 3.78. The van der Waals surface area contributed by atoms with Crippen LogP contribution in [0.25, 0.3) is 0 Å². The van der Waals surface area contributed by atoms with Crippen molar-refractivity contribution in [1.29, 1.82) is 0 Å². The zero-order chi connectivity index (χ0) is 15.8. The topological polar surface area (TPSA) is 50.8 Å². The molecule has 5 nitrogen and oxygen atoms in total. The number of rotatable bonds is 7. The molecule has 1 aliphatic heterocycles. The fourth-order valence-electron chi connectivity index (χ4n) is 2.41. The van der Waals surface area contributed by atoms with Gasteiger partial charge in [0.1, 0.15) is 5.75 Å². The molecule has 5 heteroatoms. The molecule has 0 unspecified atom stereocenters. The number of carbonyl (C=O) groups excluding carboxylic acids is 1. The molecule has 1 aromatic carbocycles. The number of hydrogen-bond donors (Lipinski definition) is 1. The van der Waals surface area contributed by atoms with E-state index in [9.17, 15) is 4.79 Å². The summed E-state index contributed by atoms with van der Waals surface area (Å²) in [5.41, 5.74) is 2.18. The molecule has 1 aromatic rings. The molecule has 0 radical (unpaired) electrons. The van der Waals surface area contributed by atoms with Crippen molar-refractivity contribution in [3.63, 3.8) is 0 Å². The van der Waals surface area contributed by atoms with Gasteiger partial charge in [-0.15, -0.1) is 0 Å². The van der Waals surface area contributed by atoms with Gasteiger partial charge >= 0.3 is 0 Å². The minimum atomic E-state index is -0.0668. The van der Waals surface area contributed by atoms with Gasteiger partial charge in [0.05, 0.1) is 13.2 Å². The summed E-state index contributed by atoms with van der Waals surface area (Å²) in [5.74, 6) is 0.714. The van der Waals surface area contributed by atoms with Gasteiger partial charge in [-0.05, 0) is 44.0 Å². The summed E-state index contributed by atoms with van der Waals surface area (Å²) in [6.45, 7) is 9.36. The van der Waals surface area contributed by atoms with Crippen LogP contribution in [0.2, 0.25) is 0 Å². The summed E-state index contributed by atoms with van der Waals surface area (Å²) in [4.78, 5) is 14.2. The van der Waals surface area contributed by atoms with Crippen LogP contribution in [-0.4, -0.2) is 56.8 Å². The van der Waals surface area contributed by atoms with Gasteiger partial charge in [-0.3, -0.25) is 9.69 Å². The van der Waals surface area contributed by atoms with Gasteiger partial charge in [0.25, 0.3) is 5.91 Å². The van der Waals surface area contributed by atoms with Crippen molar-refractivity contribution in [3.8, 4) is 5.75 Å². The van der Waals surface area contributed by atoms with E-state index in [1.807, 2.05) is 32.0 Å². The molecule has 0 bridgehead atoms. The lowest BCUT2D eigenvalue weighted by atomic mass is 10.1. The molecule has 1 N–H and O–H groups in total. The van der Waals surface area contributed by atoms with Crippen LogP contribution in [0.4, 0.5) is 0 Å². The van der Waals surface area contributed by atoms with Crippen LogP contribution in [0.3, 0.4) is 0 Å². The van der Waals surface area contributed by atoms with Crippen LogP contribution in [0.5, 0.6) is 5.75 Å². The van der Waals surface area contributed by atoms with Crippen LogP contribution in [0.15, 0.2) is 18.2 Å². The Morgan fingerprint density at radius 1 is 1.32 bits per heavy atom. The van der Waals surface area contributed by atoms with Crippen LogP contribution in [0.1, 0.15) is 17.5 Å². The second-order valence-corrected chi connectivity index (χ2v) is 5.72. The predicted molar refractivity (Wildman–Crippen MR) is 86.3 cm³/mol. The standard InChI is InChI=1S/C17H26N2O3/c1-14-4-5-15(2)16(12-14)22-13-17(20)18-6-3-7-19-8-10-21-11-9-19/h4-5,12H,3,6-11,13H2,1-2H3,(H,18,20). The number of hydrogen-bond acceptors (Lipinski definition) is 4. The van der Waals surface area contributed by atoms with Crippen LogP contribution >= 0.6 is 0 Å². The summed E-state index contributed by atoms with van der Waals surface area (Å²) in [6.07, 6.45) is 0.954. The van der Waals surface area contributed by atoms with Crippen molar-refractivity contribution in [2.75, 3.05) is 46.0 Å². The highest BCUT2D eigenvalue weighted by molar-refractivity contribution is 5.77. The Morgan fingerprint density at radius 2 is 2.09 bits per heavy atom. The minimum Gasteiger partial charge on any atom is -0.483 e. The van der Waals surface area contributed by atoms with Crippen molar-refractivity contribution in [2.45, 2.75) is 20.3 Å². The normalized spacial score (nSPS) is 15.5. The molecule has 2 rings (SSSR count). The Kier molecular flexibility index (Phi) is 6.68. The molecule has 1 fully saturated rings. The van der Waals surface area contributed by atoms with E-state index in [1.165, 1.54) is 0 Å². The van der Waals surface area contributed by atoms with E-state index in [0.29, 0.717) is 6.54 Å². The first kappa shape index (κ1) is 16.8. The highest BCUT2D eigenvalue weighted by Gasteiger charge is 2.10. The van der Waals surface area contributed by atoms with E-state index >= 15 is 0 Å². The lowest BCUT2D eigenvalue weighted by Crippen LogP contribution is -2.38. The van der Waals surface area contributed by atoms with Crippen molar-refractivity contribution >= 4 is 5.91 Å². The zero-order valence-electron chi connectivity index (χ0n) is 13.6. The highest BCUT2D eigenvalue weighted by atomic mass is 16.5. The molecule has 1 heterocycles. The molecular formula is C17H26N2O3. The third-order valence-electron chi connectivity index (χ3n) is 3.78. The van der Waals surface area contributed by atoms with Gasteiger partial charge in [0.2, 0.25) is 0 Å². The summed E-state index contributed by atoms with van der Waals surface area (Å²) >= 11 is 0. The largest absolute Gasteiger partial charge is 0.483 e. The van der Waals surface area contributed by atoms with Crippen molar-refractivity contribution in [2.24, 2.45) is 0 Å². The summed E-state index contributed by atoms with van der Waals surface area (Å²) in [5, 5.41) is 2.90. The monoisotopic (exact) mass is 306 g/mol. The van der Waals surface area contributed by atoms with E-state index in [0.717, 1.165) is 56.1 Å². The molecular weight excluding hydrogens is 280 g/mol. The molecule has 0 aliphatic carbocycles. The average molecular weight is 306 g/mol. The first-order valence-electron chi connectivity index (χ1n) is 7.92. The Hall–Kier alpha value is -1.59. The van der Waals surface area contributed by atoms with Crippen LogP contribution in [0, 0.1) is 13.8 Å². The first-order valence-corrected chi connectivity index (χ1v) is 7.92. The minimum absolute atomic E-state index is 0.0668. The SMILES string of the molecule is Cc1ccc(C)c(OCC(=O)NCCCN2CCOCC2)c1. The lowest BCUT2D eigenvalue weighted by molar-refractivity contribution is -0.123. The second-order valence-electron chi connectivity index (χ2n) is 5.72. The maximum atomic E-state index is 11.8. The van der Waals surface area contributed by atoms with E-state index < -0.39 is 0 Å². The van der Waals surface area contributed by atoms with E-state index in [-0.39, 0.29) is 12.5 Å². The molecule has 122 valence electrons. The molecule has 1 saturated heterocycles. The smallest absolute Gasteiger partial charge is 0.257 e. The van der Waals surface area contributed by atoms with E-state index in [1.54, 1.807) is 0 Å². The predicted octanol–water partition coefficient (Wildman–Crippen LogP) is 1.52. The number of amides is 1. The van der Waals surface area contributed by atoms with E-state index in [2.05, 4.69) is 10.2 Å². The Bertz CT molecular complexity index is 485. The first-order chi connectivity index (χ1) is 10.6. The molecule has 0 atom stereocenters. The number of morpholine rings is 1. The number of nitrogens with zero attached hydrogens (tertiary/aromatic N) is 1. The fourth-order valence-corrected chi connectivity index (χ4v) is 2.41. The van der Waals surface area contributed by atoms with Gasteiger partial charge < -0.3 is 14.8 Å². The second kappa shape index (κ2) is 8.76. The third kappa shape index (κ3) is 5.66. The Balaban J connectivity index is 1.60. The van der Waals surface area contributed by atoms with E-state index in [4.69, 9.17) is 9.47 Å². The number of benzene rings is 1. The van der Waals surface area contributed by atoms with Crippen LogP contribution in [-0.2, 0) is 9.53 Å². The molecule has 0 aromatic heterocycles. The lowest BCUT2D eigenvalue weighted by Gasteiger charge is -2.26. The molecule has 1 amide bonds. The molecule has 0 saturated carbocycles. The van der Waals surface area contributed by atoms with Gasteiger partial charge in [-0.1, -0.05) is 12.1 Å². The maximum absolute atomic E-state index is 11.8. The van der Waals surface area contributed by atoms with Gasteiger partial charge in [-0.25, -0.2) is 0 Å². The van der Waals surface area contributed by atoms with Crippen molar-refractivity contribution in [3.05, 3.63) is 29.3 Å².